The molecule has 186 valence electrons. The van der Waals surface area contributed by atoms with E-state index in [9.17, 15) is 4.79 Å². The number of unbranched alkanes of at least 4 members (excludes halogenated alkanes) is 13. The normalized spacial score (nSPS) is 11.1. The van der Waals surface area contributed by atoms with Crippen molar-refractivity contribution in [3.8, 4) is 0 Å². The fourth-order valence-corrected chi connectivity index (χ4v) is 3.31. The first-order valence-corrected chi connectivity index (χ1v) is 12.8. The highest BCUT2D eigenvalue weighted by molar-refractivity contribution is 5.66. The summed E-state index contributed by atoms with van der Waals surface area (Å²) in [6, 6.07) is 0. The maximum absolute atomic E-state index is 10.3. The van der Waals surface area contributed by atoms with Crippen LogP contribution in [0, 0.1) is 5.92 Å². The number of carboxylic acid groups (broad SMARTS) is 1. The highest BCUT2D eigenvalue weighted by Crippen LogP contribution is 2.10. The topological polar surface area (TPSA) is 98.0 Å². The van der Waals surface area contributed by atoms with Crippen LogP contribution in [0.3, 0.4) is 0 Å². The van der Waals surface area contributed by atoms with E-state index >= 15 is 0 Å². The van der Waals surface area contributed by atoms with Crippen LogP contribution in [0.2, 0.25) is 0 Å². The average Bonchev–Trinajstić information content (AvgIpc) is 2.77. The number of aliphatic hydroxyl groups is 3. The summed E-state index contributed by atoms with van der Waals surface area (Å²) in [6.07, 6.45) is 24.9. The SMILES string of the molecule is CCCCCCCCC=CCCCCCCCC(=O)O.OCCCCCC(CO)CO. The van der Waals surface area contributed by atoms with Gasteiger partial charge in [0.15, 0.2) is 0 Å². The van der Waals surface area contributed by atoms with E-state index in [1.165, 1.54) is 70.6 Å². The number of hydrogen-bond acceptors (Lipinski definition) is 4. The van der Waals surface area contributed by atoms with Gasteiger partial charge in [-0.15, -0.1) is 0 Å². The van der Waals surface area contributed by atoms with Crippen molar-refractivity contribution in [1.29, 1.82) is 0 Å². The number of carboxylic acids is 1. The maximum atomic E-state index is 10.3. The van der Waals surface area contributed by atoms with Gasteiger partial charge in [0, 0.05) is 32.2 Å². The van der Waals surface area contributed by atoms with Crippen LogP contribution in [0.25, 0.3) is 0 Å². The molecule has 0 saturated carbocycles. The molecule has 5 nitrogen and oxygen atoms in total. The lowest BCUT2D eigenvalue weighted by Gasteiger charge is -2.09. The first-order valence-electron chi connectivity index (χ1n) is 12.8. The number of hydrogen-bond donors (Lipinski definition) is 4. The van der Waals surface area contributed by atoms with Crippen molar-refractivity contribution < 1.29 is 25.2 Å². The molecule has 0 aromatic heterocycles. The van der Waals surface area contributed by atoms with Gasteiger partial charge in [-0.1, -0.05) is 83.3 Å². The predicted molar refractivity (Wildman–Crippen MR) is 130 cm³/mol. The minimum atomic E-state index is -0.664. The Kier molecular flexibility index (Phi) is 30.3. The molecule has 0 aliphatic heterocycles. The van der Waals surface area contributed by atoms with Gasteiger partial charge in [-0.2, -0.15) is 0 Å². The second-order valence-corrected chi connectivity index (χ2v) is 8.53. The summed E-state index contributed by atoms with van der Waals surface area (Å²) < 4.78 is 0. The van der Waals surface area contributed by atoms with Crippen LogP contribution < -0.4 is 0 Å². The van der Waals surface area contributed by atoms with Crippen molar-refractivity contribution in [2.45, 2.75) is 122 Å². The van der Waals surface area contributed by atoms with Crippen molar-refractivity contribution >= 4 is 5.97 Å². The zero-order valence-corrected chi connectivity index (χ0v) is 20.3. The molecule has 0 atom stereocenters. The van der Waals surface area contributed by atoms with Crippen LogP contribution in [-0.2, 0) is 4.79 Å². The summed E-state index contributed by atoms with van der Waals surface area (Å²) in [5.41, 5.74) is 0. The van der Waals surface area contributed by atoms with Crippen molar-refractivity contribution in [3.63, 3.8) is 0 Å². The van der Waals surface area contributed by atoms with Crippen LogP contribution in [0.15, 0.2) is 12.2 Å². The number of rotatable bonds is 22. The van der Waals surface area contributed by atoms with E-state index in [1.54, 1.807) is 0 Å². The lowest BCUT2D eigenvalue weighted by Crippen LogP contribution is -2.10. The van der Waals surface area contributed by atoms with E-state index in [0.717, 1.165) is 38.5 Å². The summed E-state index contributed by atoms with van der Waals surface area (Å²) >= 11 is 0. The second kappa shape index (κ2) is 29.1. The number of allylic oxidation sites excluding steroid dienone is 2. The predicted octanol–water partition coefficient (Wildman–Crippen LogP) is 6.25. The van der Waals surface area contributed by atoms with Crippen molar-refractivity contribution in [2.75, 3.05) is 19.8 Å². The Morgan fingerprint density at radius 2 is 1.16 bits per heavy atom. The fraction of sp³-hybridized carbons (Fsp3) is 0.885. The van der Waals surface area contributed by atoms with Gasteiger partial charge < -0.3 is 20.4 Å². The standard InChI is InChI=1S/C18H34O2.C8H18O3/c1-2-3-4-5-6-7-8-9-10-11-12-13-14-15-16-17-18(19)20;9-5-3-1-2-4-8(6-10)7-11/h9-10H,2-8,11-17H2,1H3,(H,19,20);8-11H,1-7H2. The molecule has 5 heteroatoms. The summed E-state index contributed by atoms with van der Waals surface area (Å²) in [4.78, 5) is 10.3. The molecule has 0 amide bonds. The van der Waals surface area contributed by atoms with E-state index in [1.807, 2.05) is 0 Å². The Morgan fingerprint density at radius 3 is 1.65 bits per heavy atom. The van der Waals surface area contributed by atoms with E-state index in [-0.39, 0.29) is 25.7 Å². The molecule has 0 spiro atoms. The summed E-state index contributed by atoms with van der Waals surface area (Å²) in [5, 5.41) is 34.3. The van der Waals surface area contributed by atoms with Gasteiger partial charge in [-0.05, 0) is 44.9 Å². The molecule has 0 aromatic rings. The van der Waals surface area contributed by atoms with Crippen LogP contribution in [0.1, 0.15) is 122 Å². The molecule has 0 aliphatic carbocycles. The zero-order chi connectivity index (χ0) is 23.4. The van der Waals surface area contributed by atoms with Gasteiger partial charge in [-0.25, -0.2) is 0 Å². The van der Waals surface area contributed by atoms with Crippen molar-refractivity contribution in [3.05, 3.63) is 12.2 Å². The van der Waals surface area contributed by atoms with Gasteiger partial charge in [-0.3, -0.25) is 4.79 Å². The van der Waals surface area contributed by atoms with Gasteiger partial charge >= 0.3 is 5.97 Å². The molecule has 0 unspecified atom stereocenters. The summed E-state index contributed by atoms with van der Waals surface area (Å²) in [6.45, 7) is 2.63. The Bertz CT molecular complexity index is 367. The second-order valence-electron chi connectivity index (χ2n) is 8.53. The van der Waals surface area contributed by atoms with E-state index in [0.29, 0.717) is 6.42 Å². The van der Waals surface area contributed by atoms with Crippen LogP contribution in [0.5, 0.6) is 0 Å². The number of carbonyl (C=O) groups is 1. The summed E-state index contributed by atoms with van der Waals surface area (Å²) in [7, 11) is 0. The molecule has 0 heterocycles. The van der Waals surface area contributed by atoms with Gasteiger partial charge in [0.1, 0.15) is 0 Å². The van der Waals surface area contributed by atoms with Gasteiger partial charge in [0.2, 0.25) is 0 Å². The molecule has 0 bridgehead atoms. The smallest absolute Gasteiger partial charge is 0.303 e. The van der Waals surface area contributed by atoms with Crippen LogP contribution >= 0.6 is 0 Å². The van der Waals surface area contributed by atoms with Crippen LogP contribution in [0.4, 0.5) is 0 Å². The molecule has 0 saturated heterocycles. The van der Waals surface area contributed by atoms with Gasteiger partial charge in [0.05, 0.1) is 0 Å². The van der Waals surface area contributed by atoms with E-state index < -0.39 is 5.97 Å². The van der Waals surface area contributed by atoms with Crippen molar-refractivity contribution in [2.24, 2.45) is 5.92 Å². The Hall–Kier alpha value is -0.910. The van der Waals surface area contributed by atoms with E-state index in [4.69, 9.17) is 20.4 Å². The minimum absolute atomic E-state index is 0.0358. The summed E-state index contributed by atoms with van der Waals surface area (Å²) in [5.74, 6) is -0.628. The molecule has 31 heavy (non-hydrogen) atoms. The lowest BCUT2D eigenvalue weighted by atomic mass is 10.0. The molecular weight excluding hydrogens is 392 g/mol. The maximum Gasteiger partial charge on any atom is 0.303 e. The Balaban J connectivity index is 0. The average molecular weight is 445 g/mol. The monoisotopic (exact) mass is 444 g/mol. The molecule has 4 N–H and O–H groups in total. The Labute approximate surface area is 192 Å². The first kappa shape index (κ1) is 32.3. The number of aliphatic carboxylic acids is 1. The van der Waals surface area contributed by atoms with Gasteiger partial charge in [0.25, 0.3) is 0 Å². The highest BCUT2D eigenvalue weighted by Gasteiger charge is 2.04. The minimum Gasteiger partial charge on any atom is -0.481 e. The Morgan fingerprint density at radius 1 is 0.677 bits per heavy atom. The zero-order valence-electron chi connectivity index (χ0n) is 20.3. The lowest BCUT2D eigenvalue weighted by molar-refractivity contribution is -0.137. The van der Waals surface area contributed by atoms with Crippen LogP contribution in [-0.4, -0.2) is 46.2 Å². The first-order chi connectivity index (χ1) is 15.1. The molecule has 0 radical (unpaired) electrons. The third-order valence-electron chi connectivity index (χ3n) is 5.44. The molecule has 0 aromatic carbocycles. The quantitative estimate of drug-likeness (QED) is 0.117. The van der Waals surface area contributed by atoms with Crippen molar-refractivity contribution in [1.82, 2.24) is 0 Å². The third-order valence-corrected chi connectivity index (χ3v) is 5.44. The molecular formula is C26H52O5. The third kappa shape index (κ3) is 31.4. The largest absolute Gasteiger partial charge is 0.481 e. The molecule has 0 fully saturated rings. The fourth-order valence-electron chi connectivity index (χ4n) is 3.31. The number of aliphatic hydroxyl groups excluding tert-OH is 3. The van der Waals surface area contributed by atoms with E-state index in [2.05, 4.69) is 19.1 Å². The molecule has 0 aliphatic rings. The highest BCUT2D eigenvalue weighted by atomic mass is 16.4. The molecule has 0 rings (SSSR count).